The lowest BCUT2D eigenvalue weighted by Crippen LogP contribution is -2.37. The molecular formula is C12H16N2O4. The second kappa shape index (κ2) is 6.11. The Morgan fingerprint density at radius 1 is 1.50 bits per heavy atom. The molecule has 18 heavy (non-hydrogen) atoms. The summed E-state index contributed by atoms with van der Waals surface area (Å²) in [7, 11) is 0. The molecule has 98 valence electrons. The van der Waals surface area contributed by atoms with E-state index in [1.54, 1.807) is 6.07 Å². The number of rotatable bonds is 6. The van der Waals surface area contributed by atoms with Gasteiger partial charge in [0.1, 0.15) is 6.29 Å². The Morgan fingerprint density at radius 3 is 2.67 bits per heavy atom. The maximum Gasteiger partial charge on any atom is 0.310 e. The van der Waals surface area contributed by atoms with Gasteiger partial charge in [-0.25, -0.2) is 0 Å². The van der Waals surface area contributed by atoms with Crippen molar-refractivity contribution in [3.63, 3.8) is 0 Å². The molecule has 0 amide bonds. The molecule has 0 fully saturated rings. The number of nitro groups is 1. The van der Waals surface area contributed by atoms with Gasteiger partial charge in [-0.05, 0) is 18.1 Å². The Kier molecular flexibility index (Phi) is 4.79. The number of aldehydes is 1. The molecule has 0 radical (unpaired) electrons. The summed E-state index contributed by atoms with van der Waals surface area (Å²) >= 11 is 0. The van der Waals surface area contributed by atoms with Crippen molar-refractivity contribution in [3.05, 3.63) is 33.9 Å². The Morgan fingerprint density at radius 2 is 2.17 bits per heavy atom. The zero-order chi connectivity index (χ0) is 13.7. The van der Waals surface area contributed by atoms with Crippen molar-refractivity contribution in [1.82, 2.24) is 5.32 Å². The fourth-order valence-electron chi connectivity index (χ4n) is 1.67. The number of carbonyl (C=O) groups excluding carboxylic acids is 1. The number of nitrogens with one attached hydrogen (secondary N) is 1. The summed E-state index contributed by atoms with van der Waals surface area (Å²) in [5.41, 5.74) is 0.284. The number of phenols is 1. The van der Waals surface area contributed by atoms with Crippen molar-refractivity contribution in [2.75, 3.05) is 0 Å². The Labute approximate surface area is 105 Å². The molecule has 0 saturated heterocycles. The molecule has 0 bridgehead atoms. The van der Waals surface area contributed by atoms with Crippen LogP contribution in [0.1, 0.15) is 19.4 Å². The van der Waals surface area contributed by atoms with E-state index in [9.17, 15) is 20.0 Å². The molecular weight excluding hydrogens is 236 g/mol. The summed E-state index contributed by atoms with van der Waals surface area (Å²) in [6, 6.07) is 3.88. The van der Waals surface area contributed by atoms with Crippen molar-refractivity contribution < 1.29 is 14.8 Å². The van der Waals surface area contributed by atoms with Gasteiger partial charge in [-0.15, -0.1) is 0 Å². The molecule has 6 heteroatoms. The second-order valence-corrected chi connectivity index (χ2v) is 4.35. The first-order valence-electron chi connectivity index (χ1n) is 5.61. The summed E-state index contributed by atoms with van der Waals surface area (Å²) in [6.07, 6.45) is 1.13. The molecule has 6 nitrogen and oxygen atoms in total. The third kappa shape index (κ3) is 3.81. The molecule has 0 aliphatic rings. The molecule has 1 unspecified atom stereocenters. The zero-order valence-corrected chi connectivity index (χ0v) is 10.3. The van der Waals surface area contributed by atoms with Crippen molar-refractivity contribution in [2.24, 2.45) is 0 Å². The van der Waals surface area contributed by atoms with Crippen molar-refractivity contribution >= 4 is 12.0 Å². The Balaban J connectivity index is 2.87. The van der Waals surface area contributed by atoms with E-state index in [-0.39, 0.29) is 17.5 Å². The van der Waals surface area contributed by atoms with Gasteiger partial charge in [-0.2, -0.15) is 0 Å². The quantitative estimate of drug-likeness (QED) is 0.453. The van der Waals surface area contributed by atoms with Crippen LogP contribution in [0.25, 0.3) is 0 Å². The summed E-state index contributed by atoms with van der Waals surface area (Å²) < 4.78 is 0. The summed E-state index contributed by atoms with van der Waals surface area (Å²) in [6.45, 7) is 3.82. The van der Waals surface area contributed by atoms with Gasteiger partial charge < -0.3 is 15.2 Å². The van der Waals surface area contributed by atoms with E-state index in [1.165, 1.54) is 12.1 Å². The fourth-order valence-corrected chi connectivity index (χ4v) is 1.67. The van der Waals surface area contributed by atoms with E-state index >= 15 is 0 Å². The van der Waals surface area contributed by atoms with Gasteiger partial charge in [0.2, 0.25) is 0 Å². The molecule has 0 aliphatic heterocycles. The van der Waals surface area contributed by atoms with Crippen LogP contribution >= 0.6 is 0 Å². The average molecular weight is 252 g/mol. The number of aromatic hydroxyl groups is 1. The van der Waals surface area contributed by atoms with Crippen LogP contribution in [0.15, 0.2) is 18.2 Å². The molecule has 0 aliphatic carbocycles. The summed E-state index contributed by atoms with van der Waals surface area (Å²) in [5.74, 6) is -0.372. The number of nitro benzene ring substituents is 1. The van der Waals surface area contributed by atoms with Gasteiger partial charge in [0.05, 0.1) is 11.0 Å². The van der Waals surface area contributed by atoms with Gasteiger partial charge in [0.15, 0.2) is 5.75 Å². The van der Waals surface area contributed by atoms with E-state index in [2.05, 4.69) is 5.32 Å². The van der Waals surface area contributed by atoms with Gasteiger partial charge in [-0.1, -0.05) is 19.9 Å². The van der Waals surface area contributed by atoms with Crippen molar-refractivity contribution in [3.8, 4) is 5.75 Å². The van der Waals surface area contributed by atoms with Crippen molar-refractivity contribution in [2.45, 2.75) is 32.4 Å². The highest BCUT2D eigenvalue weighted by molar-refractivity contribution is 5.59. The summed E-state index contributed by atoms with van der Waals surface area (Å²) in [4.78, 5) is 20.9. The molecule has 0 aromatic heterocycles. The monoisotopic (exact) mass is 252 g/mol. The van der Waals surface area contributed by atoms with E-state index in [1.807, 2.05) is 13.8 Å². The largest absolute Gasteiger partial charge is 0.502 e. The summed E-state index contributed by atoms with van der Waals surface area (Å²) in [5, 5.41) is 23.0. The highest BCUT2D eigenvalue weighted by atomic mass is 16.6. The van der Waals surface area contributed by atoms with Crippen LogP contribution in [-0.4, -0.2) is 28.4 Å². The number of hydrogen-bond donors (Lipinski definition) is 2. The van der Waals surface area contributed by atoms with Crippen LogP contribution < -0.4 is 5.32 Å². The number of benzene rings is 1. The Bertz CT molecular complexity index is 446. The molecule has 1 rings (SSSR count). The van der Waals surface area contributed by atoms with Crippen LogP contribution in [0.2, 0.25) is 0 Å². The normalized spacial score (nSPS) is 12.4. The zero-order valence-electron chi connectivity index (χ0n) is 10.3. The first-order chi connectivity index (χ1) is 8.43. The third-order valence-electron chi connectivity index (χ3n) is 2.40. The van der Waals surface area contributed by atoms with Crippen LogP contribution in [0.4, 0.5) is 5.69 Å². The first-order valence-corrected chi connectivity index (χ1v) is 5.61. The lowest BCUT2D eigenvalue weighted by atomic mass is 10.1. The van der Waals surface area contributed by atoms with Crippen LogP contribution in [0, 0.1) is 10.1 Å². The molecule has 1 aromatic carbocycles. The van der Waals surface area contributed by atoms with Crippen molar-refractivity contribution in [1.29, 1.82) is 0 Å². The first kappa shape index (κ1) is 14.1. The maximum atomic E-state index is 10.9. The van der Waals surface area contributed by atoms with Crippen LogP contribution in [0.5, 0.6) is 5.75 Å². The standard InChI is InChI=1S/C12H16N2O4/c1-8(2)13-10(7-15)5-9-3-4-12(16)11(6-9)14(17)18/h3-4,6-8,10,13,16H,5H2,1-2H3. The van der Waals surface area contributed by atoms with E-state index < -0.39 is 11.0 Å². The van der Waals surface area contributed by atoms with E-state index in [0.717, 1.165) is 6.29 Å². The van der Waals surface area contributed by atoms with Gasteiger partial charge in [0.25, 0.3) is 0 Å². The topological polar surface area (TPSA) is 92.5 Å². The van der Waals surface area contributed by atoms with Gasteiger partial charge in [0, 0.05) is 12.1 Å². The third-order valence-corrected chi connectivity index (χ3v) is 2.40. The lowest BCUT2D eigenvalue weighted by molar-refractivity contribution is -0.385. The minimum absolute atomic E-state index is 0.146. The number of carbonyl (C=O) groups is 1. The maximum absolute atomic E-state index is 10.9. The number of phenolic OH excluding ortho intramolecular Hbond substituents is 1. The average Bonchev–Trinajstić information content (AvgIpc) is 2.29. The highest BCUT2D eigenvalue weighted by Crippen LogP contribution is 2.26. The minimum atomic E-state index is -0.648. The molecule has 1 aromatic rings. The minimum Gasteiger partial charge on any atom is -0.502 e. The number of hydrogen-bond acceptors (Lipinski definition) is 5. The van der Waals surface area contributed by atoms with Gasteiger partial charge >= 0.3 is 5.69 Å². The van der Waals surface area contributed by atoms with Crippen LogP contribution in [-0.2, 0) is 11.2 Å². The SMILES string of the molecule is CC(C)NC(C=O)Cc1ccc(O)c([N+](=O)[O-])c1. The van der Waals surface area contributed by atoms with E-state index in [4.69, 9.17) is 0 Å². The van der Waals surface area contributed by atoms with E-state index in [0.29, 0.717) is 12.0 Å². The highest BCUT2D eigenvalue weighted by Gasteiger charge is 2.16. The fraction of sp³-hybridized carbons (Fsp3) is 0.417. The lowest BCUT2D eigenvalue weighted by Gasteiger charge is -2.15. The molecule has 0 saturated carbocycles. The predicted molar refractivity (Wildman–Crippen MR) is 66.6 cm³/mol. The molecule has 1 atom stereocenters. The number of nitrogens with zero attached hydrogens (tertiary/aromatic N) is 1. The molecule has 0 heterocycles. The predicted octanol–water partition coefficient (Wildman–Crippen LogP) is 1.41. The van der Waals surface area contributed by atoms with Gasteiger partial charge in [-0.3, -0.25) is 10.1 Å². The smallest absolute Gasteiger partial charge is 0.310 e. The second-order valence-electron chi connectivity index (χ2n) is 4.35. The van der Waals surface area contributed by atoms with Crippen LogP contribution in [0.3, 0.4) is 0 Å². The molecule has 2 N–H and O–H groups in total. The molecule has 0 spiro atoms. The Hall–Kier alpha value is -1.95.